The molecule has 1 aliphatic carbocycles. The molecule has 2 nitrogen and oxygen atoms in total. The summed E-state index contributed by atoms with van der Waals surface area (Å²) in [5.41, 5.74) is 8.66. The molecule has 2 aromatic rings. The summed E-state index contributed by atoms with van der Waals surface area (Å²) in [4.78, 5) is 0. The maximum Gasteiger partial charge on any atom is 0.0581 e. The van der Waals surface area contributed by atoms with Crippen molar-refractivity contribution in [2.24, 2.45) is 5.73 Å². The molecule has 0 heterocycles. The Morgan fingerprint density at radius 2 is 1.37 bits per heavy atom. The number of rotatable bonds is 5. The van der Waals surface area contributed by atoms with E-state index in [9.17, 15) is 0 Å². The second-order valence-corrected chi connectivity index (χ2v) is 5.38. The van der Waals surface area contributed by atoms with Gasteiger partial charge >= 0.3 is 0 Å². The van der Waals surface area contributed by atoms with Crippen LogP contribution in [0.3, 0.4) is 0 Å². The van der Waals surface area contributed by atoms with Gasteiger partial charge in [-0.25, -0.2) is 0 Å². The third kappa shape index (κ3) is 2.70. The largest absolute Gasteiger partial charge is 0.329 e. The summed E-state index contributed by atoms with van der Waals surface area (Å²) >= 11 is 0. The molecule has 0 spiro atoms. The molecule has 98 valence electrons. The zero-order chi connectivity index (χ0) is 13.1. The molecule has 0 unspecified atom stereocenters. The van der Waals surface area contributed by atoms with Crippen LogP contribution < -0.4 is 11.1 Å². The van der Waals surface area contributed by atoms with E-state index in [1.165, 1.54) is 24.0 Å². The highest BCUT2D eigenvalue weighted by Gasteiger charge is 2.42. The monoisotopic (exact) mass is 252 g/mol. The molecular formula is C17H20N2. The summed E-state index contributed by atoms with van der Waals surface area (Å²) in [7, 11) is 0. The molecule has 2 aromatic carbocycles. The Hall–Kier alpha value is -1.64. The first-order valence-electron chi connectivity index (χ1n) is 6.91. The molecule has 0 amide bonds. The lowest BCUT2D eigenvalue weighted by Crippen LogP contribution is -2.41. The first-order valence-corrected chi connectivity index (χ1v) is 6.91. The fourth-order valence-electron chi connectivity index (χ4n) is 2.51. The molecule has 0 atom stereocenters. The van der Waals surface area contributed by atoms with Crippen molar-refractivity contribution in [1.82, 2.24) is 5.32 Å². The summed E-state index contributed by atoms with van der Waals surface area (Å²) in [5.74, 6) is 0. The SMILES string of the molecule is NCC1(NC(c2ccccc2)c2ccccc2)CC1. The van der Waals surface area contributed by atoms with Gasteiger partial charge in [0.2, 0.25) is 0 Å². The minimum atomic E-state index is 0.149. The van der Waals surface area contributed by atoms with Crippen LogP contribution in [0.15, 0.2) is 60.7 Å². The molecule has 3 rings (SSSR count). The molecule has 2 heteroatoms. The third-order valence-corrected chi connectivity index (χ3v) is 3.96. The smallest absolute Gasteiger partial charge is 0.0581 e. The molecule has 19 heavy (non-hydrogen) atoms. The van der Waals surface area contributed by atoms with Crippen LogP contribution in [0.25, 0.3) is 0 Å². The van der Waals surface area contributed by atoms with Crippen molar-refractivity contribution >= 4 is 0 Å². The van der Waals surface area contributed by atoms with Gasteiger partial charge in [0.05, 0.1) is 6.04 Å². The number of nitrogens with one attached hydrogen (secondary N) is 1. The van der Waals surface area contributed by atoms with Crippen molar-refractivity contribution in [3.63, 3.8) is 0 Å². The molecule has 1 saturated carbocycles. The highest BCUT2D eigenvalue weighted by atomic mass is 15.1. The van der Waals surface area contributed by atoms with E-state index in [0.29, 0.717) is 6.54 Å². The van der Waals surface area contributed by atoms with Crippen LogP contribution in [0, 0.1) is 0 Å². The van der Waals surface area contributed by atoms with Crippen LogP contribution in [0.4, 0.5) is 0 Å². The number of benzene rings is 2. The third-order valence-electron chi connectivity index (χ3n) is 3.96. The minimum Gasteiger partial charge on any atom is -0.329 e. The van der Waals surface area contributed by atoms with E-state index in [2.05, 4.69) is 66.0 Å². The Kier molecular flexibility index (Phi) is 3.36. The maximum absolute atomic E-state index is 5.91. The predicted molar refractivity (Wildman–Crippen MR) is 78.9 cm³/mol. The Labute approximate surface area is 114 Å². The quantitative estimate of drug-likeness (QED) is 0.858. The highest BCUT2D eigenvalue weighted by molar-refractivity contribution is 5.32. The summed E-state index contributed by atoms with van der Waals surface area (Å²) in [6.07, 6.45) is 2.36. The van der Waals surface area contributed by atoms with Gasteiger partial charge in [0, 0.05) is 12.1 Å². The van der Waals surface area contributed by atoms with Crippen molar-refractivity contribution in [1.29, 1.82) is 0 Å². The topological polar surface area (TPSA) is 38.0 Å². The van der Waals surface area contributed by atoms with Crippen LogP contribution in [0.5, 0.6) is 0 Å². The standard InChI is InChI=1S/C17H20N2/c18-13-17(11-12-17)19-16(14-7-3-1-4-8-14)15-9-5-2-6-10-15/h1-10,16,19H,11-13,18H2. The minimum absolute atomic E-state index is 0.149. The Morgan fingerprint density at radius 3 is 1.74 bits per heavy atom. The average molecular weight is 252 g/mol. The molecule has 0 aliphatic heterocycles. The van der Waals surface area contributed by atoms with Crippen LogP contribution in [-0.4, -0.2) is 12.1 Å². The van der Waals surface area contributed by atoms with E-state index in [1.807, 2.05) is 0 Å². The van der Waals surface area contributed by atoms with Gasteiger partial charge in [0.15, 0.2) is 0 Å². The summed E-state index contributed by atoms with van der Waals surface area (Å²) < 4.78 is 0. The Morgan fingerprint density at radius 1 is 0.895 bits per heavy atom. The zero-order valence-electron chi connectivity index (χ0n) is 11.0. The molecule has 3 N–H and O–H groups in total. The predicted octanol–water partition coefficient (Wildman–Crippen LogP) is 2.86. The molecule has 0 bridgehead atoms. The first kappa shape index (κ1) is 12.4. The molecule has 1 aliphatic rings. The fourth-order valence-corrected chi connectivity index (χ4v) is 2.51. The summed E-state index contributed by atoms with van der Waals surface area (Å²) in [6, 6.07) is 21.4. The van der Waals surface area contributed by atoms with Gasteiger partial charge in [-0.3, -0.25) is 5.32 Å². The lowest BCUT2D eigenvalue weighted by atomic mass is 9.97. The van der Waals surface area contributed by atoms with Crippen LogP contribution in [0.1, 0.15) is 30.0 Å². The number of hydrogen-bond acceptors (Lipinski definition) is 2. The van der Waals surface area contributed by atoms with Crippen molar-refractivity contribution in [3.8, 4) is 0 Å². The van der Waals surface area contributed by atoms with E-state index in [-0.39, 0.29) is 11.6 Å². The van der Waals surface area contributed by atoms with Gasteiger partial charge < -0.3 is 5.73 Å². The van der Waals surface area contributed by atoms with Gasteiger partial charge in [-0.15, -0.1) is 0 Å². The van der Waals surface area contributed by atoms with Gasteiger partial charge in [0.1, 0.15) is 0 Å². The molecular weight excluding hydrogens is 232 g/mol. The van der Waals surface area contributed by atoms with E-state index >= 15 is 0 Å². The molecule has 1 fully saturated rings. The highest BCUT2D eigenvalue weighted by Crippen LogP contribution is 2.38. The fraction of sp³-hybridized carbons (Fsp3) is 0.294. The van der Waals surface area contributed by atoms with E-state index in [0.717, 1.165) is 0 Å². The number of hydrogen-bond donors (Lipinski definition) is 2. The first-order chi connectivity index (χ1) is 9.33. The van der Waals surface area contributed by atoms with E-state index in [1.54, 1.807) is 0 Å². The van der Waals surface area contributed by atoms with Gasteiger partial charge in [-0.1, -0.05) is 60.7 Å². The second-order valence-electron chi connectivity index (χ2n) is 5.38. The van der Waals surface area contributed by atoms with E-state index < -0.39 is 0 Å². The van der Waals surface area contributed by atoms with Crippen LogP contribution in [0.2, 0.25) is 0 Å². The van der Waals surface area contributed by atoms with Crippen molar-refractivity contribution in [2.75, 3.05) is 6.54 Å². The van der Waals surface area contributed by atoms with E-state index in [4.69, 9.17) is 5.73 Å². The lowest BCUT2D eigenvalue weighted by molar-refractivity contribution is 0.461. The summed E-state index contributed by atoms with van der Waals surface area (Å²) in [5, 5.41) is 3.76. The second kappa shape index (κ2) is 5.16. The molecule has 0 radical (unpaired) electrons. The Balaban J connectivity index is 1.92. The number of nitrogens with two attached hydrogens (primary N) is 1. The van der Waals surface area contributed by atoms with Crippen molar-refractivity contribution in [3.05, 3.63) is 71.8 Å². The average Bonchev–Trinajstić information content (AvgIpc) is 3.27. The van der Waals surface area contributed by atoms with Crippen LogP contribution in [-0.2, 0) is 0 Å². The molecule has 0 saturated heterocycles. The van der Waals surface area contributed by atoms with Crippen LogP contribution >= 0.6 is 0 Å². The Bertz CT molecular complexity index is 478. The normalized spacial score (nSPS) is 16.5. The van der Waals surface area contributed by atoms with Crippen molar-refractivity contribution in [2.45, 2.75) is 24.4 Å². The lowest BCUT2D eigenvalue weighted by Gasteiger charge is -2.25. The van der Waals surface area contributed by atoms with Crippen molar-refractivity contribution < 1.29 is 0 Å². The zero-order valence-corrected chi connectivity index (χ0v) is 11.0. The van der Waals surface area contributed by atoms with Gasteiger partial charge in [-0.2, -0.15) is 0 Å². The van der Waals surface area contributed by atoms with Gasteiger partial charge in [-0.05, 0) is 24.0 Å². The van der Waals surface area contributed by atoms with Gasteiger partial charge in [0.25, 0.3) is 0 Å². The summed E-state index contributed by atoms with van der Waals surface area (Å²) in [6.45, 7) is 0.711. The maximum atomic E-state index is 5.91. The molecule has 0 aromatic heterocycles.